The highest BCUT2D eigenvalue weighted by molar-refractivity contribution is 6.34. The number of carbonyl (C=O) groups is 1. The maximum Gasteiger partial charge on any atom is 0.404 e. The van der Waals surface area contributed by atoms with Crippen LogP contribution in [0, 0.1) is 11.8 Å². The molecular weight excluding hydrogens is 491 g/mol. The number of morpholine rings is 1. The van der Waals surface area contributed by atoms with Crippen LogP contribution in [0.4, 0.5) is 16.2 Å². The zero-order chi connectivity index (χ0) is 24.1. The number of hydrogen-bond acceptors (Lipinski definition) is 7. The number of imidazole rings is 1. The van der Waals surface area contributed by atoms with Gasteiger partial charge >= 0.3 is 6.09 Å². The summed E-state index contributed by atoms with van der Waals surface area (Å²) in [4.78, 5) is 26.2. The van der Waals surface area contributed by atoms with E-state index in [2.05, 4.69) is 37.3 Å². The Morgan fingerprint density at radius 3 is 2.77 bits per heavy atom. The summed E-state index contributed by atoms with van der Waals surface area (Å²) in [7, 11) is 0. The summed E-state index contributed by atoms with van der Waals surface area (Å²) in [5, 5.41) is 4.59. The monoisotopic (exact) mass is 514 g/mol. The summed E-state index contributed by atoms with van der Waals surface area (Å²) < 4.78 is 10.9. The van der Waals surface area contributed by atoms with Crippen LogP contribution in [0.3, 0.4) is 0 Å². The molecule has 1 saturated heterocycles. The van der Waals surface area contributed by atoms with Crippen molar-refractivity contribution in [2.75, 3.05) is 36.5 Å². The SMILES string of the molecule is NC(=O)O[C@@H]1[C@H](Nc2c(Cl)cnc3nc(-c4ccc(N5CCOCC5)c(Cl)c4)[nH]c23)[C@H]2C=C[C@@H]1C2. The third-order valence-corrected chi connectivity index (χ3v) is 7.59. The molecule has 1 aliphatic heterocycles. The van der Waals surface area contributed by atoms with E-state index in [0.29, 0.717) is 45.9 Å². The molecule has 2 bridgehead atoms. The molecule has 35 heavy (non-hydrogen) atoms. The average molecular weight is 515 g/mol. The zero-order valence-corrected chi connectivity index (χ0v) is 20.2. The van der Waals surface area contributed by atoms with Gasteiger partial charge in [0.1, 0.15) is 17.4 Å². The van der Waals surface area contributed by atoms with Crippen molar-refractivity contribution < 1.29 is 14.3 Å². The van der Waals surface area contributed by atoms with E-state index in [1.807, 2.05) is 18.2 Å². The van der Waals surface area contributed by atoms with Gasteiger partial charge in [0.25, 0.3) is 0 Å². The number of primary amides is 1. The molecule has 9 nitrogen and oxygen atoms in total. The number of nitrogens with two attached hydrogens (primary N) is 1. The van der Waals surface area contributed by atoms with Crippen molar-refractivity contribution in [3.8, 4) is 11.4 Å². The fraction of sp³-hybridized carbons (Fsp3) is 0.375. The fourth-order valence-corrected chi connectivity index (χ4v) is 5.85. The van der Waals surface area contributed by atoms with Crippen LogP contribution in [0.15, 0.2) is 36.5 Å². The number of pyridine rings is 1. The molecule has 1 aromatic carbocycles. The summed E-state index contributed by atoms with van der Waals surface area (Å²) in [6.45, 7) is 2.99. The van der Waals surface area contributed by atoms with Gasteiger partial charge in [0.05, 0.1) is 46.9 Å². The Morgan fingerprint density at radius 2 is 2.00 bits per heavy atom. The molecule has 4 N–H and O–H groups in total. The van der Waals surface area contributed by atoms with Gasteiger partial charge in [-0.2, -0.15) is 0 Å². The highest BCUT2D eigenvalue weighted by Gasteiger charge is 2.47. The van der Waals surface area contributed by atoms with Crippen molar-refractivity contribution >= 4 is 51.8 Å². The Hall–Kier alpha value is -3.01. The molecule has 1 saturated carbocycles. The number of halogens is 2. The maximum atomic E-state index is 11.5. The summed E-state index contributed by atoms with van der Waals surface area (Å²) in [6.07, 6.45) is 5.54. The molecule has 3 heterocycles. The largest absolute Gasteiger partial charge is 0.444 e. The molecule has 3 aliphatic rings. The van der Waals surface area contributed by atoms with Gasteiger partial charge in [0.2, 0.25) is 0 Å². The molecule has 0 unspecified atom stereocenters. The number of ether oxygens (including phenoxy) is 2. The minimum absolute atomic E-state index is 0.130. The van der Waals surface area contributed by atoms with Crippen LogP contribution in [0.2, 0.25) is 10.0 Å². The molecule has 2 aliphatic carbocycles. The second-order valence-electron chi connectivity index (χ2n) is 9.05. The Balaban J connectivity index is 1.32. The number of benzene rings is 1. The lowest BCUT2D eigenvalue weighted by atomic mass is 9.98. The van der Waals surface area contributed by atoms with E-state index in [1.54, 1.807) is 6.20 Å². The lowest BCUT2D eigenvalue weighted by Crippen LogP contribution is -2.41. The van der Waals surface area contributed by atoms with E-state index in [9.17, 15) is 4.79 Å². The Morgan fingerprint density at radius 1 is 1.20 bits per heavy atom. The molecule has 182 valence electrons. The first-order valence-corrected chi connectivity index (χ1v) is 12.3. The second-order valence-corrected chi connectivity index (χ2v) is 9.87. The normalized spacial score (nSPS) is 25.4. The van der Waals surface area contributed by atoms with Crippen LogP contribution in [0.25, 0.3) is 22.6 Å². The van der Waals surface area contributed by atoms with Crippen LogP contribution in [0.1, 0.15) is 6.42 Å². The fourth-order valence-electron chi connectivity index (χ4n) is 5.35. The minimum Gasteiger partial charge on any atom is -0.444 e. The second kappa shape index (κ2) is 8.89. The molecule has 3 aromatic rings. The van der Waals surface area contributed by atoms with Crippen molar-refractivity contribution in [2.45, 2.75) is 18.6 Å². The van der Waals surface area contributed by atoms with Gasteiger partial charge in [-0.15, -0.1) is 0 Å². The van der Waals surface area contributed by atoms with Gasteiger partial charge < -0.3 is 30.4 Å². The predicted molar refractivity (Wildman–Crippen MR) is 135 cm³/mol. The first-order chi connectivity index (χ1) is 17.0. The highest BCUT2D eigenvalue weighted by atomic mass is 35.5. The number of anilines is 2. The highest BCUT2D eigenvalue weighted by Crippen LogP contribution is 2.44. The average Bonchev–Trinajstić information content (AvgIpc) is 3.57. The van der Waals surface area contributed by atoms with Crippen LogP contribution < -0.4 is 16.0 Å². The van der Waals surface area contributed by atoms with Gasteiger partial charge in [-0.05, 0) is 24.6 Å². The summed E-state index contributed by atoms with van der Waals surface area (Å²) in [5.74, 6) is 0.967. The summed E-state index contributed by atoms with van der Waals surface area (Å²) in [6, 6.07) is 5.73. The topological polar surface area (TPSA) is 118 Å². The standard InChI is InChI=1S/C24H24Cl2N6O3/c25-15-10-14(3-4-17(15)32-5-7-34-8-6-32)22-30-20-19(16(26)11-28-23(20)31-22)29-18-12-1-2-13(9-12)21(18)35-24(27)33/h1-4,10-13,18,21H,5-9H2,(H2,27,33)(H2,28,29,30,31)/t12-,13+,18+,21-/m0/s1. The number of nitrogens with one attached hydrogen (secondary N) is 2. The number of rotatable bonds is 5. The maximum absolute atomic E-state index is 11.5. The molecule has 6 rings (SSSR count). The van der Waals surface area contributed by atoms with Gasteiger partial charge in [-0.25, -0.2) is 14.8 Å². The van der Waals surface area contributed by atoms with Crippen LogP contribution in [-0.4, -0.2) is 59.5 Å². The number of hydrogen-bond donors (Lipinski definition) is 3. The number of aromatic nitrogens is 3. The summed E-state index contributed by atoms with van der Waals surface area (Å²) in [5.41, 5.74) is 9.00. The molecule has 11 heteroatoms. The first-order valence-electron chi connectivity index (χ1n) is 11.6. The molecule has 1 amide bonds. The van der Waals surface area contributed by atoms with Crippen molar-refractivity contribution in [1.29, 1.82) is 0 Å². The van der Waals surface area contributed by atoms with Gasteiger partial charge in [-0.1, -0.05) is 35.4 Å². The number of carbonyl (C=O) groups excluding carboxylic acids is 1. The van der Waals surface area contributed by atoms with Crippen molar-refractivity contribution in [3.63, 3.8) is 0 Å². The van der Waals surface area contributed by atoms with E-state index in [1.165, 1.54) is 0 Å². The molecule has 0 radical (unpaired) electrons. The zero-order valence-electron chi connectivity index (χ0n) is 18.7. The van der Waals surface area contributed by atoms with E-state index >= 15 is 0 Å². The lowest BCUT2D eigenvalue weighted by molar-refractivity contribution is 0.0854. The number of amides is 1. The predicted octanol–water partition coefficient (Wildman–Crippen LogP) is 4.22. The third-order valence-electron chi connectivity index (χ3n) is 7.00. The molecule has 4 atom stereocenters. The molecule has 0 spiro atoms. The van der Waals surface area contributed by atoms with Crippen molar-refractivity contribution in [1.82, 2.24) is 15.0 Å². The van der Waals surface area contributed by atoms with Crippen LogP contribution in [0.5, 0.6) is 0 Å². The van der Waals surface area contributed by atoms with Crippen LogP contribution in [-0.2, 0) is 9.47 Å². The molecular formula is C24H24Cl2N6O3. The first kappa shape index (κ1) is 22.5. The smallest absolute Gasteiger partial charge is 0.404 e. The van der Waals surface area contributed by atoms with Crippen LogP contribution >= 0.6 is 23.2 Å². The molecule has 2 aromatic heterocycles. The number of aromatic amines is 1. The Labute approximate surface area is 211 Å². The number of H-pyrrole nitrogens is 1. The van der Waals surface area contributed by atoms with Crippen molar-refractivity contribution in [3.05, 3.63) is 46.6 Å². The minimum atomic E-state index is -0.782. The van der Waals surface area contributed by atoms with E-state index < -0.39 is 6.09 Å². The summed E-state index contributed by atoms with van der Waals surface area (Å²) >= 11 is 13.2. The van der Waals surface area contributed by atoms with Gasteiger partial charge in [0.15, 0.2) is 5.65 Å². The quantitative estimate of drug-likeness (QED) is 0.436. The lowest BCUT2D eigenvalue weighted by Gasteiger charge is -2.29. The van der Waals surface area contributed by atoms with E-state index in [-0.39, 0.29) is 24.0 Å². The van der Waals surface area contributed by atoms with Gasteiger partial charge in [-0.3, -0.25) is 0 Å². The van der Waals surface area contributed by atoms with E-state index in [4.69, 9.17) is 38.4 Å². The van der Waals surface area contributed by atoms with E-state index in [0.717, 1.165) is 30.8 Å². The number of nitrogens with zero attached hydrogens (tertiary/aromatic N) is 3. The third kappa shape index (κ3) is 4.07. The van der Waals surface area contributed by atoms with Gasteiger partial charge in [0, 0.05) is 30.5 Å². The Kier molecular flexibility index (Phi) is 5.70. The number of fused-ring (bicyclic) bond motifs is 3. The van der Waals surface area contributed by atoms with Crippen molar-refractivity contribution in [2.24, 2.45) is 17.6 Å². The Bertz CT molecular complexity index is 1320. The molecule has 2 fully saturated rings.